The second kappa shape index (κ2) is 8.91. The fraction of sp³-hybridized carbons (Fsp3) is 0.286. The molecule has 1 aliphatic rings. The lowest BCUT2D eigenvalue weighted by atomic mass is 10.2. The SMILES string of the molecule is CCOC(=O)c1ccccc1NC(=O)N1CCN(c2ccc(C#N)cc2)CC1. The normalized spacial score (nSPS) is 13.6. The maximum atomic E-state index is 12.6. The lowest BCUT2D eigenvalue weighted by Gasteiger charge is -2.36. The third-order valence-corrected chi connectivity index (χ3v) is 4.59. The molecule has 7 heteroatoms. The van der Waals surface area contributed by atoms with E-state index < -0.39 is 5.97 Å². The van der Waals surface area contributed by atoms with Gasteiger partial charge in [-0.15, -0.1) is 0 Å². The number of carbonyl (C=O) groups is 2. The van der Waals surface area contributed by atoms with Crippen molar-refractivity contribution in [3.8, 4) is 6.07 Å². The monoisotopic (exact) mass is 378 g/mol. The Kier molecular flexibility index (Phi) is 6.12. The van der Waals surface area contributed by atoms with Gasteiger partial charge < -0.3 is 19.9 Å². The number of piperazine rings is 1. The van der Waals surface area contributed by atoms with Crippen LogP contribution in [0.25, 0.3) is 0 Å². The molecule has 1 N–H and O–H groups in total. The molecule has 1 fully saturated rings. The van der Waals surface area contributed by atoms with Gasteiger partial charge in [0.25, 0.3) is 0 Å². The number of ether oxygens (including phenoxy) is 1. The van der Waals surface area contributed by atoms with Gasteiger partial charge in [-0.1, -0.05) is 12.1 Å². The number of amides is 2. The van der Waals surface area contributed by atoms with Gasteiger partial charge in [0.05, 0.1) is 29.5 Å². The summed E-state index contributed by atoms with van der Waals surface area (Å²) >= 11 is 0. The zero-order valence-corrected chi connectivity index (χ0v) is 15.7. The second-order valence-electron chi connectivity index (χ2n) is 6.33. The van der Waals surface area contributed by atoms with Gasteiger partial charge in [-0.3, -0.25) is 0 Å². The molecule has 0 aliphatic carbocycles. The third-order valence-electron chi connectivity index (χ3n) is 4.59. The number of para-hydroxylation sites is 1. The molecule has 2 amide bonds. The molecule has 144 valence electrons. The number of nitrogens with one attached hydrogen (secondary N) is 1. The number of hydrogen-bond acceptors (Lipinski definition) is 5. The Bertz CT molecular complexity index is 881. The minimum Gasteiger partial charge on any atom is -0.462 e. The van der Waals surface area contributed by atoms with Crippen LogP contribution < -0.4 is 10.2 Å². The molecular weight excluding hydrogens is 356 g/mol. The Labute approximate surface area is 164 Å². The number of nitrogens with zero attached hydrogens (tertiary/aromatic N) is 3. The van der Waals surface area contributed by atoms with Crippen LogP contribution in [0.15, 0.2) is 48.5 Å². The number of hydrogen-bond donors (Lipinski definition) is 1. The Morgan fingerprint density at radius 3 is 2.39 bits per heavy atom. The van der Waals surface area contributed by atoms with Crippen molar-refractivity contribution in [3.05, 3.63) is 59.7 Å². The molecule has 28 heavy (non-hydrogen) atoms. The molecule has 0 spiro atoms. The minimum atomic E-state index is -0.455. The Hall–Kier alpha value is -3.53. The highest BCUT2D eigenvalue weighted by Crippen LogP contribution is 2.19. The molecule has 1 saturated heterocycles. The summed E-state index contributed by atoms with van der Waals surface area (Å²) < 4.78 is 5.04. The number of rotatable bonds is 4. The molecule has 0 bridgehead atoms. The lowest BCUT2D eigenvalue weighted by Crippen LogP contribution is -2.50. The average Bonchev–Trinajstić information content (AvgIpc) is 2.74. The quantitative estimate of drug-likeness (QED) is 0.827. The van der Waals surface area contributed by atoms with E-state index in [1.807, 2.05) is 12.1 Å². The summed E-state index contributed by atoms with van der Waals surface area (Å²) in [6.07, 6.45) is 0. The van der Waals surface area contributed by atoms with Gasteiger partial charge in [-0.05, 0) is 43.3 Å². The van der Waals surface area contributed by atoms with Crippen LogP contribution in [0.1, 0.15) is 22.8 Å². The molecule has 0 saturated carbocycles. The smallest absolute Gasteiger partial charge is 0.340 e. The fourth-order valence-corrected chi connectivity index (χ4v) is 3.09. The Morgan fingerprint density at radius 1 is 1.07 bits per heavy atom. The van der Waals surface area contributed by atoms with Crippen LogP contribution in [-0.2, 0) is 4.74 Å². The number of benzene rings is 2. The van der Waals surface area contributed by atoms with Crippen molar-refractivity contribution in [2.75, 3.05) is 43.0 Å². The standard InChI is InChI=1S/C21H22N4O3/c1-2-28-20(26)18-5-3-4-6-19(18)23-21(27)25-13-11-24(12-14-25)17-9-7-16(15-22)8-10-17/h3-10H,2,11-14H2,1H3,(H,23,27). The molecule has 0 atom stereocenters. The van der Waals surface area contributed by atoms with Crippen molar-refractivity contribution >= 4 is 23.4 Å². The van der Waals surface area contributed by atoms with E-state index in [1.54, 1.807) is 48.2 Å². The van der Waals surface area contributed by atoms with Crippen LogP contribution in [0.3, 0.4) is 0 Å². The first-order valence-corrected chi connectivity index (χ1v) is 9.19. The zero-order chi connectivity index (χ0) is 19.9. The average molecular weight is 378 g/mol. The third kappa shape index (κ3) is 4.41. The molecule has 0 unspecified atom stereocenters. The zero-order valence-electron chi connectivity index (χ0n) is 15.7. The Morgan fingerprint density at radius 2 is 1.75 bits per heavy atom. The number of esters is 1. The molecular formula is C21H22N4O3. The van der Waals surface area contributed by atoms with E-state index in [1.165, 1.54) is 0 Å². The maximum absolute atomic E-state index is 12.6. The van der Waals surface area contributed by atoms with Crippen LogP contribution in [0, 0.1) is 11.3 Å². The van der Waals surface area contributed by atoms with Crippen molar-refractivity contribution in [1.82, 2.24) is 4.90 Å². The lowest BCUT2D eigenvalue weighted by molar-refractivity contribution is 0.0527. The summed E-state index contributed by atoms with van der Waals surface area (Å²) in [7, 11) is 0. The van der Waals surface area contributed by atoms with Gasteiger partial charge in [0.2, 0.25) is 0 Å². The van der Waals surface area contributed by atoms with E-state index in [2.05, 4.69) is 16.3 Å². The molecule has 0 radical (unpaired) electrons. The van der Waals surface area contributed by atoms with E-state index in [0.29, 0.717) is 43.0 Å². The summed E-state index contributed by atoms with van der Waals surface area (Å²) in [4.78, 5) is 28.6. The summed E-state index contributed by atoms with van der Waals surface area (Å²) in [5.41, 5.74) is 2.45. The number of anilines is 2. The largest absolute Gasteiger partial charge is 0.462 e. The number of nitriles is 1. The molecule has 2 aromatic carbocycles. The van der Waals surface area contributed by atoms with Gasteiger partial charge in [0.15, 0.2) is 0 Å². The highest BCUT2D eigenvalue weighted by molar-refractivity contribution is 6.00. The molecule has 2 aromatic rings. The number of urea groups is 1. The van der Waals surface area contributed by atoms with Crippen molar-refractivity contribution in [2.45, 2.75) is 6.92 Å². The van der Waals surface area contributed by atoms with Gasteiger partial charge in [0.1, 0.15) is 0 Å². The molecule has 3 rings (SSSR count). The summed E-state index contributed by atoms with van der Waals surface area (Å²) in [5.74, 6) is -0.455. The highest BCUT2D eigenvalue weighted by Gasteiger charge is 2.23. The molecule has 0 aromatic heterocycles. The van der Waals surface area contributed by atoms with E-state index in [0.717, 1.165) is 5.69 Å². The van der Waals surface area contributed by atoms with Crippen molar-refractivity contribution < 1.29 is 14.3 Å². The van der Waals surface area contributed by atoms with E-state index >= 15 is 0 Å². The first-order valence-electron chi connectivity index (χ1n) is 9.19. The molecule has 1 heterocycles. The maximum Gasteiger partial charge on any atom is 0.340 e. The first kappa shape index (κ1) is 19.2. The van der Waals surface area contributed by atoms with E-state index in [-0.39, 0.29) is 12.6 Å². The predicted octanol–water partition coefficient (Wildman–Crippen LogP) is 3.09. The van der Waals surface area contributed by atoms with Crippen molar-refractivity contribution in [3.63, 3.8) is 0 Å². The van der Waals surface area contributed by atoms with Crippen LogP contribution in [0.4, 0.5) is 16.2 Å². The predicted molar refractivity (Wildman–Crippen MR) is 106 cm³/mol. The van der Waals surface area contributed by atoms with E-state index in [4.69, 9.17) is 10.00 Å². The van der Waals surface area contributed by atoms with Crippen molar-refractivity contribution in [1.29, 1.82) is 5.26 Å². The van der Waals surface area contributed by atoms with Gasteiger partial charge in [0, 0.05) is 31.9 Å². The van der Waals surface area contributed by atoms with Gasteiger partial charge in [-0.2, -0.15) is 5.26 Å². The van der Waals surface area contributed by atoms with Gasteiger partial charge >= 0.3 is 12.0 Å². The van der Waals surface area contributed by atoms with E-state index in [9.17, 15) is 9.59 Å². The van der Waals surface area contributed by atoms with Crippen LogP contribution in [0.2, 0.25) is 0 Å². The highest BCUT2D eigenvalue weighted by atomic mass is 16.5. The summed E-state index contributed by atoms with van der Waals surface area (Å²) in [5, 5.41) is 11.7. The number of carbonyl (C=O) groups excluding carboxylic acids is 2. The summed E-state index contributed by atoms with van der Waals surface area (Å²) in [6.45, 7) is 4.53. The minimum absolute atomic E-state index is 0.240. The topological polar surface area (TPSA) is 85.7 Å². The fourth-order valence-electron chi connectivity index (χ4n) is 3.09. The van der Waals surface area contributed by atoms with Crippen LogP contribution in [-0.4, -0.2) is 49.7 Å². The Balaban J connectivity index is 1.60. The van der Waals surface area contributed by atoms with Crippen LogP contribution >= 0.6 is 0 Å². The van der Waals surface area contributed by atoms with Crippen molar-refractivity contribution in [2.24, 2.45) is 0 Å². The molecule has 7 nitrogen and oxygen atoms in total. The van der Waals surface area contributed by atoms with Crippen LogP contribution in [0.5, 0.6) is 0 Å². The van der Waals surface area contributed by atoms with Gasteiger partial charge in [-0.25, -0.2) is 9.59 Å². The molecule has 1 aliphatic heterocycles. The second-order valence-corrected chi connectivity index (χ2v) is 6.33. The first-order chi connectivity index (χ1) is 13.6. The summed E-state index contributed by atoms with van der Waals surface area (Å²) in [6, 6.07) is 16.1.